The summed E-state index contributed by atoms with van der Waals surface area (Å²) in [7, 11) is -4.80. The van der Waals surface area contributed by atoms with Crippen LogP contribution in [0.1, 0.15) is 5.56 Å². The number of nitrogens with one attached hydrogen (secondary N) is 2. The van der Waals surface area contributed by atoms with Gasteiger partial charge in [0.25, 0.3) is 0 Å². The van der Waals surface area contributed by atoms with Crippen molar-refractivity contribution < 1.29 is 23.7 Å². The van der Waals surface area contributed by atoms with Crippen LogP contribution in [-0.4, -0.2) is 28.1 Å². The summed E-state index contributed by atoms with van der Waals surface area (Å²) in [6.45, 7) is -0.384. The summed E-state index contributed by atoms with van der Waals surface area (Å²) in [5.74, 6) is -1.15. The molecule has 6 N–H and O–H groups in total. The Morgan fingerprint density at radius 2 is 1.94 bits per heavy atom. The SMILES string of the molecule is N=C(N)c1ccc(NCC(=O)OP(=O)(O)O)cc1. The predicted octanol–water partition coefficient (Wildman–Crippen LogP) is 0.0185. The van der Waals surface area contributed by atoms with Crippen LogP contribution in [0.2, 0.25) is 0 Å². The maximum Gasteiger partial charge on any atom is 0.527 e. The molecule has 1 aromatic rings. The maximum absolute atomic E-state index is 11.0. The van der Waals surface area contributed by atoms with Gasteiger partial charge in [0, 0.05) is 11.3 Å². The molecule has 0 radical (unpaired) electrons. The third-order valence-electron chi connectivity index (χ3n) is 1.85. The molecule has 0 fully saturated rings. The summed E-state index contributed by atoms with van der Waals surface area (Å²) in [6, 6.07) is 6.28. The van der Waals surface area contributed by atoms with E-state index >= 15 is 0 Å². The van der Waals surface area contributed by atoms with E-state index < -0.39 is 13.8 Å². The number of phosphoric acid groups is 1. The molecule has 9 heteroatoms. The van der Waals surface area contributed by atoms with Gasteiger partial charge in [0.05, 0.1) is 0 Å². The van der Waals surface area contributed by atoms with Crippen molar-refractivity contribution in [3.8, 4) is 0 Å². The highest BCUT2D eigenvalue weighted by Gasteiger charge is 2.19. The molecule has 98 valence electrons. The zero-order chi connectivity index (χ0) is 13.8. The van der Waals surface area contributed by atoms with E-state index in [0.717, 1.165) is 0 Å². The number of carbonyl (C=O) groups is 1. The molecule has 0 saturated heterocycles. The van der Waals surface area contributed by atoms with Gasteiger partial charge in [-0.1, -0.05) is 0 Å². The molecule has 8 nitrogen and oxygen atoms in total. The highest BCUT2D eigenvalue weighted by atomic mass is 31.2. The lowest BCUT2D eigenvalue weighted by atomic mass is 10.2. The fourth-order valence-corrected chi connectivity index (χ4v) is 1.44. The van der Waals surface area contributed by atoms with E-state index in [1.54, 1.807) is 24.3 Å². The Bertz CT molecular complexity index is 495. The van der Waals surface area contributed by atoms with Crippen LogP contribution in [0.4, 0.5) is 5.69 Å². The number of carbonyl (C=O) groups excluding carboxylic acids is 1. The van der Waals surface area contributed by atoms with E-state index in [0.29, 0.717) is 11.3 Å². The Balaban J connectivity index is 2.51. The van der Waals surface area contributed by atoms with Gasteiger partial charge >= 0.3 is 13.8 Å². The molecule has 0 heterocycles. The predicted molar refractivity (Wildman–Crippen MR) is 64.1 cm³/mol. The molecule has 0 unspecified atom stereocenters. The van der Waals surface area contributed by atoms with Crippen molar-refractivity contribution in [1.82, 2.24) is 0 Å². The summed E-state index contributed by atoms with van der Waals surface area (Å²) in [5.41, 5.74) is 6.31. The number of rotatable bonds is 5. The van der Waals surface area contributed by atoms with Crippen LogP contribution < -0.4 is 11.1 Å². The number of nitrogen functional groups attached to an aromatic ring is 1. The molecule has 1 rings (SSSR count). The van der Waals surface area contributed by atoms with E-state index in [9.17, 15) is 9.36 Å². The van der Waals surface area contributed by atoms with E-state index in [4.69, 9.17) is 20.9 Å². The zero-order valence-corrected chi connectivity index (χ0v) is 10.1. The minimum atomic E-state index is -4.80. The fourth-order valence-electron chi connectivity index (χ4n) is 1.11. The number of benzene rings is 1. The molecule has 0 amide bonds. The lowest BCUT2D eigenvalue weighted by Crippen LogP contribution is -2.16. The second kappa shape index (κ2) is 5.63. The molecular weight excluding hydrogens is 261 g/mol. The zero-order valence-electron chi connectivity index (χ0n) is 9.16. The van der Waals surface area contributed by atoms with Crippen molar-refractivity contribution in [3.05, 3.63) is 29.8 Å². The van der Waals surface area contributed by atoms with Crippen molar-refractivity contribution in [3.63, 3.8) is 0 Å². The third kappa shape index (κ3) is 4.96. The maximum atomic E-state index is 11.0. The molecule has 0 aliphatic heterocycles. The molecule has 0 aliphatic rings. The minimum Gasteiger partial charge on any atom is -0.384 e. The Kier molecular flexibility index (Phi) is 4.43. The number of phosphoric ester groups is 1. The molecule has 0 aliphatic carbocycles. The highest BCUT2D eigenvalue weighted by Crippen LogP contribution is 2.35. The summed E-state index contributed by atoms with van der Waals surface area (Å²) >= 11 is 0. The van der Waals surface area contributed by atoms with Crippen LogP contribution in [0.25, 0.3) is 0 Å². The lowest BCUT2D eigenvalue weighted by Gasteiger charge is -2.08. The van der Waals surface area contributed by atoms with Crippen LogP contribution in [0.3, 0.4) is 0 Å². The average Bonchev–Trinajstić information content (AvgIpc) is 2.24. The molecule has 0 spiro atoms. The van der Waals surface area contributed by atoms with Gasteiger partial charge in [-0.3, -0.25) is 15.2 Å². The summed E-state index contributed by atoms with van der Waals surface area (Å²) in [5, 5.41) is 9.78. The number of anilines is 1. The normalized spacial score (nSPS) is 10.8. The van der Waals surface area contributed by atoms with Gasteiger partial charge in [0.15, 0.2) is 0 Å². The standard InChI is InChI=1S/C9H12N3O5P/c10-9(11)6-1-3-7(4-2-6)12-5-8(13)17-18(14,15)16/h1-4,12H,5H2,(H3,10,11)(H2,14,15,16). The van der Waals surface area contributed by atoms with Gasteiger partial charge in [-0.25, -0.2) is 9.36 Å². The van der Waals surface area contributed by atoms with Gasteiger partial charge in [0.2, 0.25) is 0 Å². The monoisotopic (exact) mass is 273 g/mol. The topological polar surface area (TPSA) is 146 Å². The van der Waals surface area contributed by atoms with E-state index in [2.05, 4.69) is 9.84 Å². The smallest absolute Gasteiger partial charge is 0.384 e. The first-order chi connectivity index (χ1) is 8.28. The van der Waals surface area contributed by atoms with Gasteiger partial charge in [-0.15, -0.1) is 0 Å². The summed E-state index contributed by atoms with van der Waals surface area (Å²) in [6.07, 6.45) is 0. The molecule has 1 aromatic carbocycles. The molecule has 18 heavy (non-hydrogen) atoms. The van der Waals surface area contributed by atoms with Crippen LogP contribution in [0, 0.1) is 5.41 Å². The number of hydrogen-bond donors (Lipinski definition) is 5. The molecule has 0 saturated carbocycles. The number of nitrogens with two attached hydrogens (primary N) is 1. The van der Waals surface area contributed by atoms with E-state index in [1.807, 2.05) is 0 Å². The summed E-state index contributed by atoms with van der Waals surface area (Å²) in [4.78, 5) is 27.7. The first-order valence-electron chi connectivity index (χ1n) is 4.74. The Hall–Kier alpha value is -1.89. The van der Waals surface area contributed by atoms with Gasteiger partial charge in [-0.2, -0.15) is 0 Å². The van der Waals surface area contributed by atoms with Crippen LogP contribution in [0.5, 0.6) is 0 Å². The fraction of sp³-hybridized carbons (Fsp3) is 0.111. The number of amidine groups is 1. The van der Waals surface area contributed by atoms with Crippen LogP contribution >= 0.6 is 7.82 Å². The largest absolute Gasteiger partial charge is 0.527 e. The van der Waals surface area contributed by atoms with E-state index in [-0.39, 0.29) is 12.4 Å². The Morgan fingerprint density at radius 1 is 1.39 bits per heavy atom. The lowest BCUT2D eigenvalue weighted by molar-refractivity contribution is -0.133. The van der Waals surface area contributed by atoms with Gasteiger partial charge in [0.1, 0.15) is 12.4 Å². The quantitative estimate of drug-likeness (QED) is 0.288. The molecular formula is C9H12N3O5P. The average molecular weight is 273 g/mol. The molecule has 0 bridgehead atoms. The van der Waals surface area contributed by atoms with Gasteiger partial charge < -0.3 is 15.6 Å². The minimum absolute atomic E-state index is 0.0811. The second-order valence-electron chi connectivity index (χ2n) is 3.30. The van der Waals surface area contributed by atoms with Crippen molar-refractivity contribution in [1.29, 1.82) is 5.41 Å². The second-order valence-corrected chi connectivity index (χ2v) is 4.46. The van der Waals surface area contributed by atoms with Crippen LogP contribution in [-0.2, 0) is 13.9 Å². The van der Waals surface area contributed by atoms with Gasteiger partial charge in [-0.05, 0) is 24.3 Å². The first-order valence-corrected chi connectivity index (χ1v) is 6.27. The van der Waals surface area contributed by atoms with Crippen molar-refractivity contribution in [2.45, 2.75) is 0 Å². The van der Waals surface area contributed by atoms with Crippen molar-refractivity contribution in [2.75, 3.05) is 11.9 Å². The number of hydrogen-bond acceptors (Lipinski definition) is 5. The van der Waals surface area contributed by atoms with E-state index in [1.165, 1.54) is 0 Å². The first kappa shape index (κ1) is 14.2. The van der Waals surface area contributed by atoms with Crippen LogP contribution in [0.15, 0.2) is 24.3 Å². The highest BCUT2D eigenvalue weighted by molar-refractivity contribution is 7.46. The molecule has 0 aromatic heterocycles. The molecule has 0 atom stereocenters. The van der Waals surface area contributed by atoms with Crippen molar-refractivity contribution in [2.24, 2.45) is 5.73 Å². The van der Waals surface area contributed by atoms with Crippen molar-refractivity contribution >= 4 is 25.3 Å². The Morgan fingerprint density at radius 3 is 2.39 bits per heavy atom. The third-order valence-corrected chi connectivity index (χ3v) is 2.29. The Labute approximate surface area is 103 Å². The summed E-state index contributed by atoms with van der Waals surface area (Å²) < 4.78 is 14.2.